The van der Waals surface area contributed by atoms with Crippen molar-refractivity contribution < 1.29 is 13.9 Å². The summed E-state index contributed by atoms with van der Waals surface area (Å²) in [4.78, 5) is 6.38. The van der Waals surface area contributed by atoms with Gasteiger partial charge in [0, 0.05) is 13.1 Å². The molecule has 1 aliphatic heterocycles. The van der Waals surface area contributed by atoms with E-state index in [0.717, 1.165) is 12.4 Å². The maximum absolute atomic E-state index is 13.5. The van der Waals surface area contributed by atoms with Crippen LogP contribution in [0, 0.1) is 5.82 Å². The molecule has 0 amide bonds. The molecule has 0 bridgehead atoms. The summed E-state index contributed by atoms with van der Waals surface area (Å²) in [7, 11) is 0. The van der Waals surface area contributed by atoms with Crippen LogP contribution < -0.4 is 4.74 Å². The number of ether oxygens (including phenoxy) is 2. The van der Waals surface area contributed by atoms with E-state index in [1.165, 1.54) is 12.4 Å². The van der Waals surface area contributed by atoms with E-state index in [1.807, 2.05) is 0 Å². The van der Waals surface area contributed by atoms with Gasteiger partial charge in [-0.1, -0.05) is 12.1 Å². The molecule has 1 aromatic heterocycles. The van der Waals surface area contributed by atoms with Crippen LogP contribution >= 0.6 is 0 Å². The van der Waals surface area contributed by atoms with Crippen LogP contribution in [-0.2, 0) is 4.74 Å². The minimum Gasteiger partial charge on any atom is -0.489 e. The van der Waals surface area contributed by atoms with E-state index in [9.17, 15) is 4.39 Å². The molecule has 1 saturated heterocycles. The fourth-order valence-corrected chi connectivity index (χ4v) is 2.37. The van der Waals surface area contributed by atoms with Crippen LogP contribution in [0.25, 0.3) is 0 Å². The molecule has 7 heteroatoms. The van der Waals surface area contributed by atoms with Crippen molar-refractivity contribution in [1.82, 2.24) is 20.1 Å². The third-order valence-corrected chi connectivity index (χ3v) is 3.46. The SMILES string of the molecule is Fc1ccccc1OCCN1CCOCC1c1ncn[nH]1. The van der Waals surface area contributed by atoms with Crippen LogP contribution in [0.1, 0.15) is 11.9 Å². The molecule has 0 saturated carbocycles. The van der Waals surface area contributed by atoms with E-state index in [1.54, 1.807) is 18.2 Å². The number of H-pyrrole nitrogens is 1. The molecule has 2 aromatic rings. The molecule has 0 spiro atoms. The summed E-state index contributed by atoms with van der Waals surface area (Å²) in [6.45, 7) is 3.10. The van der Waals surface area contributed by atoms with Gasteiger partial charge in [-0.05, 0) is 12.1 Å². The van der Waals surface area contributed by atoms with Crippen LogP contribution in [0.4, 0.5) is 4.39 Å². The fraction of sp³-hybridized carbons (Fsp3) is 0.429. The second-order valence-electron chi connectivity index (χ2n) is 4.78. The highest BCUT2D eigenvalue weighted by Gasteiger charge is 2.26. The quantitative estimate of drug-likeness (QED) is 0.902. The van der Waals surface area contributed by atoms with Crippen LogP contribution in [0.2, 0.25) is 0 Å². The third kappa shape index (κ3) is 3.37. The second kappa shape index (κ2) is 6.64. The van der Waals surface area contributed by atoms with E-state index >= 15 is 0 Å². The third-order valence-electron chi connectivity index (χ3n) is 3.46. The Morgan fingerprint density at radius 3 is 3.14 bits per heavy atom. The zero-order valence-corrected chi connectivity index (χ0v) is 11.5. The van der Waals surface area contributed by atoms with Gasteiger partial charge in [-0.25, -0.2) is 9.37 Å². The minimum absolute atomic E-state index is 0.0328. The lowest BCUT2D eigenvalue weighted by Gasteiger charge is -2.33. The second-order valence-corrected chi connectivity index (χ2v) is 4.78. The summed E-state index contributed by atoms with van der Waals surface area (Å²) in [5.41, 5.74) is 0. The summed E-state index contributed by atoms with van der Waals surface area (Å²) in [5.74, 6) is 0.717. The van der Waals surface area contributed by atoms with Gasteiger partial charge in [0.15, 0.2) is 11.6 Å². The zero-order chi connectivity index (χ0) is 14.5. The van der Waals surface area contributed by atoms with Crippen LogP contribution in [0.5, 0.6) is 5.75 Å². The Labute approximate surface area is 121 Å². The number of halogens is 1. The van der Waals surface area contributed by atoms with Crippen molar-refractivity contribution in [2.24, 2.45) is 0 Å². The molecule has 1 aliphatic rings. The van der Waals surface area contributed by atoms with E-state index in [0.29, 0.717) is 26.4 Å². The topological polar surface area (TPSA) is 63.3 Å². The van der Waals surface area contributed by atoms with Crippen molar-refractivity contribution in [3.8, 4) is 5.75 Å². The molecular formula is C14H17FN4O2. The molecule has 21 heavy (non-hydrogen) atoms. The first-order chi connectivity index (χ1) is 10.3. The molecule has 0 radical (unpaired) electrons. The molecule has 1 unspecified atom stereocenters. The fourth-order valence-electron chi connectivity index (χ4n) is 2.37. The van der Waals surface area contributed by atoms with E-state index in [4.69, 9.17) is 9.47 Å². The van der Waals surface area contributed by atoms with Gasteiger partial charge < -0.3 is 9.47 Å². The molecular weight excluding hydrogens is 275 g/mol. The van der Waals surface area contributed by atoms with Crippen molar-refractivity contribution in [2.75, 3.05) is 32.9 Å². The number of rotatable bonds is 5. The number of hydrogen-bond acceptors (Lipinski definition) is 5. The summed E-state index contributed by atoms with van der Waals surface area (Å²) in [5, 5.41) is 6.74. The Kier molecular flexibility index (Phi) is 4.42. The predicted octanol–water partition coefficient (Wildman–Crippen LogP) is 1.40. The number of nitrogens with one attached hydrogen (secondary N) is 1. The van der Waals surface area contributed by atoms with Crippen molar-refractivity contribution in [3.05, 3.63) is 42.2 Å². The van der Waals surface area contributed by atoms with Crippen molar-refractivity contribution >= 4 is 0 Å². The van der Waals surface area contributed by atoms with Gasteiger partial charge >= 0.3 is 0 Å². The Balaban J connectivity index is 1.57. The maximum Gasteiger partial charge on any atom is 0.165 e. The number of para-hydroxylation sites is 1. The smallest absolute Gasteiger partial charge is 0.165 e. The van der Waals surface area contributed by atoms with Gasteiger partial charge in [0.25, 0.3) is 0 Å². The molecule has 1 N–H and O–H groups in total. The number of benzene rings is 1. The highest BCUT2D eigenvalue weighted by molar-refractivity contribution is 5.23. The lowest BCUT2D eigenvalue weighted by atomic mass is 10.2. The summed E-state index contributed by atoms with van der Waals surface area (Å²) in [6.07, 6.45) is 1.48. The van der Waals surface area contributed by atoms with Gasteiger partial charge in [-0.15, -0.1) is 0 Å². The van der Waals surface area contributed by atoms with Crippen LogP contribution in [0.3, 0.4) is 0 Å². The first-order valence-electron chi connectivity index (χ1n) is 6.89. The summed E-state index contributed by atoms with van der Waals surface area (Å²) < 4.78 is 24.5. The Morgan fingerprint density at radius 2 is 2.33 bits per heavy atom. The highest BCUT2D eigenvalue weighted by atomic mass is 19.1. The van der Waals surface area contributed by atoms with Crippen LogP contribution in [-0.4, -0.2) is 53.0 Å². The largest absolute Gasteiger partial charge is 0.489 e. The average Bonchev–Trinajstić information content (AvgIpc) is 3.04. The molecule has 3 rings (SSSR count). The zero-order valence-electron chi connectivity index (χ0n) is 11.5. The van der Waals surface area contributed by atoms with Crippen molar-refractivity contribution in [2.45, 2.75) is 6.04 Å². The lowest BCUT2D eigenvalue weighted by molar-refractivity contribution is -0.0164. The molecule has 1 fully saturated rings. The van der Waals surface area contributed by atoms with E-state index in [2.05, 4.69) is 20.1 Å². The summed E-state index contributed by atoms with van der Waals surface area (Å²) >= 11 is 0. The highest BCUT2D eigenvalue weighted by Crippen LogP contribution is 2.21. The molecule has 1 aromatic carbocycles. The molecule has 0 aliphatic carbocycles. The van der Waals surface area contributed by atoms with Crippen molar-refractivity contribution in [1.29, 1.82) is 0 Å². The molecule has 2 heterocycles. The van der Waals surface area contributed by atoms with E-state index < -0.39 is 0 Å². The molecule has 6 nitrogen and oxygen atoms in total. The van der Waals surface area contributed by atoms with Gasteiger partial charge in [0.1, 0.15) is 18.8 Å². The number of aromatic amines is 1. The number of aromatic nitrogens is 3. The first kappa shape index (κ1) is 14.0. The monoisotopic (exact) mass is 292 g/mol. The van der Waals surface area contributed by atoms with E-state index in [-0.39, 0.29) is 17.6 Å². The lowest BCUT2D eigenvalue weighted by Crippen LogP contribution is -2.42. The summed E-state index contributed by atoms with van der Waals surface area (Å²) in [6, 6.07) is 6.45. The Morgan fingerprint density at radius 1 is 1.43 bits per heavy atom. The Hall–Kier alpha value is -1.99. The Bertz CT molecular complexity index is 564. The molecule has 1 atom stereocenters. The molecule has 112 valence electrons. The standard InChI is InChI=1S/C14H17FN4O2/c15-11-3-1-2-4-13(11)21-8-6-19-5-7-20-9-12(19)14-16-10-17-18-14/h1-4,10,12H,5-9H2,(H,16,17,18). The number of morpholine rings is 1. The normalized spacial score (nSPS) is 19.6. The average molecular weight is 292 g/mol. The van der Waals surface area contributed by atoms with Crippen molar-refractivity contribution in [3.63, 3.8) is 0 Å². The van der Waals surface area contributed by atoms with Gasteiger partial charge in [-0.2, -0.15) is 5.10 Å². The van der Waals surface area contributed by atoms with Gasteiger partial charge in [0.2, 0.25) is 0 Å². The maximum atomic E-state index is 13.5. The number of nitrogens with zero attached hydrogens (tertiary/aromatic N) is 3. The van der Waals surface area contributed by atoms with Gasteiger partial charge in [-0.3, -0.25) is 10.00 Å². The first-order valence-corrected chi connectivity index (χ1v) is 6.89. The minimum atomic E-state index is -0.341. The predicted molar refractivity (Wildman–Crippen MR) is 73.4 cm³/mol. The number of hydrogen-bond donors (Lipinski definition) is 1. The van der Waals surface area contributed by atoms with Gasteiger partial charge in [0.05, 0.1) is 19.3 Å². The van der Waals surface area contributed by atoms with Crippen LogP contribution in [0.15, 0.2) is 30.6 Å².